The fourth-order valence-corrected chi connectivity index (χ4v) is 4.16. The summed E-state index contributed by atoms with van der Waals surface area (Å²) in [6.07, 6.45) is -0.235. The van der Waals surface area contributed by atoms with E-state index in [0.29, 0.717) is 12.0 Å². The molecule has 0 bridgehead atoms. The molecule has 0 amide bonds. The summed E-state index contributed by atoms with van der Waals surface area (Å²) in [6, 6.07) is 29.5. The van der Waals surface area contributed by atoms with Crippen molar-refractivity contribution < 1.29 is 14.6 Å². The number of nitrogens with one attached hydrogen (secondary N) is 1. The van der Waals surface area contributed by atoms with Crippen LogP contribution in [0.2, 0.25) is 0 Å². The van der Waals surface area contributed by atoms with Gasteiger partial charge in [-0.1, -0.05) is 78.9 Å². The summed E-state index contributed by atoms with van der Waals surface area (Å²) in [7, 11) is 0. The second-order valence-electron chi connectivity index (χ2n) is 7.54. The molecule has 2 N–H and O–H groups in total. The largest absolute Gasteiger partial charge is 0.508 e. The van der Waals surface area contributed by atoms with E-state index in [0.717, 1.165) is 27.7 Å². The van der Waals surface area contributed by atoms with Crippen LogP contribution in [0.3, 0.4) is 0 Å². The van der Waals surface area contributed by atoms with Crippen molar-refractivity contribution >= 4 is 16.9 Å². The second kappa shape index (κ2) is 7.56. The van der Waals surface area contributed by atoms with Crippen LogP contribution < -0.4 is 0 Å². The topological polar surface area (TPSA) is 62.3 Å². The number of aliphatic hydroxyl groups excluding tert-OH is 1. The van der Waals surface area contributed by atoms with Gasteiger partial charge in [0, 0.05) is 17.6 Å². The number of fused-ring (bicyclic) bond motifs is 1. The first kappa shape index (κ1) is 18.3. The quantitative estimate of drug-likeness (QED) is 0.452. The highest BCUT2D eigenvalue weighted by atomic mass is 16.6. The number of para-hydroxylation sites is 1. The monoisotopic (exact) mass is 395 g/mol. The number of aliphatic hydroxyl groups is 1. The van der Waals surface area contributed by atoms with Gasteiger partial charge in [0.05, 0.1) is 11.5 Å². The van der Waals surface area contributed by atoms with Crippen LogP contribution in [-0.4, -0.2) is 22.2 Å². The third kappa shape index (κ3) is 3.26. The molecule has 2 atom stereocenters. The van der Waals surface area contributed by atoms with Crippen LogP contribution in [0.15, 0.2) is 102 Å². The minimum atomic E-state index is -0.675. The van der Waals surface area contributed by atoms with Crippen LogP contribution in [0.1, 0.15) is 22.7 Å². The number of rotatable bonds is 5. The van der Waals surface area contributed by atoms with Crippen molar-refractivity contribution in [1.82, 2.24) is 4.98 Å². The van der Waals surface area contributed by atoms with E-state index in [-0.39, 0.29) is 5.76 Å². The molecule has 4 aromatic rings. The summed E-state index contributed by atoms with van der Waals surface area (Å²) in [5.41, 5.74) is 4.06. The highest BCUT2D eigenvalue weighted by Crippen LogP contribution is 2.39. The molecule has 0 spiro atoms. The van der Waals surface area contributed by atoms with Gasteiger partial charge >= 0.3 is 5.97 Å². The lowest BCUT2D eigenvalue weighted by atomic mass is 9.87. The Morgan fingerprint density at radius 3 is 2.30 bits per heavy atom. The second-order valence-corrected chi connectivity index (χ2v) is 7.54. The van der Waals surface area contributed by atoms with Crippen molar-refractivity contribution in [2.75, 3.05) is 0 Å². The molecule has 2 heterocycles. The van der Waals surface area contributed by atoms with Gasteiger partial charge in [0.25, 0.3) is 0 Å². The lowest BCUT2D eigenvalue weighted by molar-refractivity contribution is -0.140. The molecule has 0 aliphatic carbocycles. The van der Waals surface area contributed by atoms with Gasteiger partial charge in [-0.2, -0.15) is 0 Å². The number of benzene rings is 3. The van der Waals surface area contributed by atoms with Crippen LogP contribution in [0.5, 0.6) is 0 Å². The first-order valence-electron chi connectivity index (χ1n) is 10.0. The maximum absolute atomic E-state index is 12.9. The van der Waals surface area contributed by atoms with Crippen LogP contribution in [0, 0.1) is 0 Å². The van der Waals surface area contributed by atoms with Crippen molar-refractivity contribution in [2.45, 2.75) is 18.4 Å². The highest BCUT2D eigenvalue weighted by Gasteiger charge is 2.40. The van der Waals surface area contributed by atoms with Crippen molar-refractivity contribution in [1.29, 1.82) is 0 Å². The van der Waals surface area contributed by atoms with Gasteiger partial charge in [0.1, 0.15) is 5.76 Å². The van der Waals surface area contributed by atoms with Crippen LogP contribution >= 0.6 is 0 Å². The first-order valence-corrected chi connectivity index (χ1v) is 10.0. The number of aromatic amines is 1. The molecule has 1 aromatic heterocycles. The van der Waals surface area contributed by atoms with E-state index in [1.54, 1.807) is 0 Å². The summed E-state index contributed by atoms with van der Waals surface area (Å²) in [4.78, 5) is 16.4. The molecule has 4 heteroatoms. The Labute approximate surface area is 174 Å². The summed E-state index contributed by atoms with van der Waals surface area (Å²) >= 11 is 0. The smallest absolute Gasteiger partial charge is 0.339 e. The van der Waals surface area contributed by atoms with E-state index >= 15 is 0 Å². The molecule has 1 aliphatic heterocycles. The average Bonchev–Trinajstić information content (AvgIpc) is 3.32. The van der Waals surface area contributed by atoms with Gasteiger partial charge in [-0.15, -0.1) is 0 Å². The van der Waals surface area contributed by atoms with E-state index in [4.69, 9.17) is 4.74 Å². The van der Waals surface area contributed by atoms with Gasteiger partial charge < -0.3 is 14.8 Å². The number of aromatic nitrogens is 1. The number of hydrogen-bond donors (Lipinski definition) is 2. The Hall–Kier alpha value is -3.79. The molecule has 148 valence electrons. The molecule has 4 nitrogen and oxygen atoms in total. The van der Waals surface area contributed by atoms with Gasteiger partial charge in [-0.3, -0.25) is 0 Å². The first-order chi connectivity index (χ1) is 14.7. The zero-order valence-corrected chi connectivity index (χ0v) is 16.3. The van der Waals surface area contributed by atoms with Crippen LogP contribution in [-0.2, 0) is 16.0 Å². The van der Waals surface area contributed by atoms with Crippen molar-refractivity contribution in [3.63, 3.8) is 0 Å². The van der Waals surface area contributed by atoms with Gasteiger partial charge in [-0.25, -0.2) is 4.79 Å². The molecule has 5 rings (SSSR count). The number of carbonyl (C=O) groups excluding carboxylic acids is 1. The third-order valence-corrected chi connectivity index (χ3v) is 5.60. The molecular weight excluding hydrogens is 374 g/mol. The molecule has 3 aromatic carbocycles. The number of ether oxygens (including phenoxy) is 1. The van der Waals surface area contributed by atoms with E-state index in [1.807, 2.05) is 91.0 Å². The summed E-state index contributed by atoms with van der Waals surface area (Å²) in [6.45, 7) is 0. The minimum absolute atomic E-state index is 0.0105. The van der Waals surface area contributed by atoms with Gasteiger partial charge in [-0.05, 0) is 28.6 Å². The molecule has 0 fully saturated rings. The van der Waals surface area contributed by atoms with E-state index in [9.17, 15) is 9.90 Å². The van der Waals surface area contributed by atoms with Gasteiger partial charge in [0.15, 0.2) is 6.10 Å². The maximum atomic E-state index is 12.9. The third-order valence-electron chi connectivity index (χ3n) is 5.60. The summed E-state index contributed by atoms with van der Waals surface area (Å²) in [5, 5.41) is 12.1. The number of H-pyrrole nitrogens is 1. The Morgan fingerprint density at radius 1 is 0.900 bits per heavy atom. The fraction of sp³-hybridized carbons (Fsp3) is 0.115. The van der Waals surface area contributed by atoms with Crippen molar-refractivity contribution in [3.05, 3.63) is 119 Å². The Balaban J connectivity index is 1.60. The molecule has 0 saturated carbocycles. The number of hydrogen-bond acceptors (Lipinski definition) is 3. The zero-order valence-electron chi connectivity index (χ0n) is 16.3. The molecular formula is C26H21NO3. The molecule has 2 unspecified atom stereocenters. The fourth-order valence-electron chi connectivity index (χ4n) is 4.16. The molecule has 0 saturated heterocycles. The lowest BCUT2D eigenvalue weighted by Crippen LogP contribution is -2.14. The van der Waals surface area contributed by atoms with Crippen molar-refractivity contribution in [2.24, 2.45) is 0 Å². The normalized spacial score (nSPS) is 17.3. The average molecular weight is 395 g/mol. The predicted molar refractivity (Wildman–Crippen MR) is 116 cm³/mol. The zero-order chi connectivity index (χ0) is 20.5. The van der Waals surface area contributed by atoms with Crippen LogP contribution in [0.25, 0.3) is 10.9 Å². The predicted octanol–water partition coefficient (Wildman–Crippen LogP) is 5.28. The standard InChI is InChI=1S/C26H21NO3/c28-25-22(15-17-9-3-1-4-10-17)30-26(29)24(25)23(18-11-5-2-6-12-18)21-16-19-13-7-8-14-20(19)27-21/h1-14,16,22-23,27-28H,15H2. The number of carbonyl (C=O) groups is 1. The van der Waals surface area contributed by atoms with E-state index in [1.165, 1.54) is 0 Å². The number of cyclic esters (lactones) is 1. The van der Waals surface area contributed by atoms with Gasteiger partial charge in [0.2, 0.25) is 0 Å². The summed E-state index contributed by atoms with van der Waals surface area (Å²) in [5.74, 6) is -0.899. The molecule has 1 aliphatic rings. The Bertz CT molecular complexity index is 1190. The van der Waals surface area contributed by atoms with E-state index in [2.05, 4.69) is 4.98 Å². The summed E-state index contributed by atoms with van der Waals surface area (Å²) < 4.78 is 5.61. The highest BCUT2D eigenvalue weighted by molar-refractivity contribution is 5.95. The molecule has 30 heavy (non-hydrogen) atoms. The number of esters is 1. The van der Waals surface area contributed by atoms with Crippen LogP contribution in [0.4, 0.5) is 0 Å². The Kier molecular flexibility index (Phi) is 4.60. The SMILES string of the molecule is O=C1OC(Cc2ccccc2)C(O)=C1C(c1ccccc1)c1cc2ccccc2[nH]1. The molecule has 0 radical (unpaired) electrons. The maximum Gasteiger partial charge on any atom is 0.339 e. The lowest BCUT2D eigenvalue weighted by Gasteiger charge is -2.16. The Morgan fingerprint density at radius 2 is 1.57 bits per heavy atom. The van der Waals surface area contributed by atoms with E-state index < -0.39 is 18.0 Å². The minimum Gasteiger partial charge on any atom is -0.508 e. The van der Waals surface area contributed by atoms with Crippen molar-refractivity contribution in [3.8, 4) is 0 Å².